The van der Waals surface area contributed by atoms with Crippen LogP contribution in [0.4, 0.5) is 0 Å². The Kier molecular flexibility index (Phi) is 4.70. The first-order chi connectivity index (χ1) is 11.9. The zero-order valence-electron chi connectivity index (χ0n) is 14.9. The number of hydrogen-bond acceptors (Lipinski definition) is 4. The molecule has 0 spiro atoms. The number of hydrogen-bond donors (Lipinski definition) is 1. The maximum atomic E-state index is 12.6. The molecule has 0 radical (unpaired) electrons. The largest absolute Gasteiger partial charge is 0.491 e. The number of benzene rings is 1. The molecular weight excluding hydrogens is 316 g/mol. The first-order valence-electron chi connectivity index (χ1n) is 8.33. The van der Waals surface area contributed by atoms with Gasteiger partial charge in [-0.3, -0.25) is 9.20 Å². The third-order valence-corrected chi connectivity index (χ3v) is 3.91. The summed E-state index contributed by atoms with van der Waals surface area (Å²) in [7, 11) is 0. The van der Waals surface area contributed by atoms with Gasteiger partial charge in [0.1, 0.15) is 11.6 Å². The number of carbonyl (C=O) groups is 1. The van der Waals surface area contributed by atoms with Crippen molar-refractivity contribution in [2.24, 2.45) is 0 Å². The van der Waals surface area contributed by atoms with Gasteiger partial charge in [0.05, 0.1) is 17.7 Å². The number of ether oxygens (including phenoxy) is 1. The molecule has 0 unspecified atom stereocenters. The van der Waals surface area contributed by atoms with E-state index in [2.05, 4.69) is 15.5 Å². The zero-order chi connectivity index (χ0) is 18.0. The van der Waals surface area contributed by atoms with Crippen molar-refractivity contribution in [1.29, 1.82) is 0 Å². The van der Waals surface area contributed by atoms with Crippen molar-refractivity contribution < 1.29 is 9.53 Å². The highest BCUT2D eigenvalue weighted by molar-refractivity contribution is 5.94. The van der Waals surface area contributed by atoms with Crippen molar-refractivity contribution in [2.75, 3.05) is 0 Å². The monoisotopic (exact) mass is 338 g/mol. The fourth-order valence-corrected chi connectivity index (χ4v) is 2.63. The molecule has 0 aliphatic carbocycles. The molecule has 25 heavy (non-hydrogen) atoms. The van der Waals surface area contributed by atoms with E-state index in [4.69, 9.17) is 4.74 Å². The predicted molar refractivity (Wildman–Crippen MR) is 95.8 cm³/mol. The highest BCUT2D eigenvalue weighted by Crippen LogP contribution is 2.20. The van der Waals surface area contributed by atoms with Crippen molar-refractivity contribution in [1.82, 2.24) is 19.9 Å². The molecule has 0 saturated carbocycles. The summed E-state index contributed by atoms with van der Waals surface area (Å²) >= 11 is 0. The highest BCUT2D eigenvalue weighted by Gasteiger charge is 2.14. The van der Waals surface area contributed by atoms with Gasteiger partial charge >= 0.3 is 0 Å². The lowest BCUT2D eigenvalue weighted by Gasteiger charge is -2.16. The number of aryl methyl sites for hydroxylation is 1. The molecule has 2 heterocycles. The summed E-state index contributed by atoms with van der Waals surface area (Å²) in [6.07, 6.45) is 1.87. The summed E-state index contributed by atoms with van der Waals surface area (Å²) in [6.45, 7) is 7.78. The molecule has 1 N–H and O–H groups in total. The highest BCUT2D eigenvalue weighted by atomic mass is 16.5. The Hall–Kier alpha value is -2.89. The van der Waals surface area contributed by atoms with Crippen molar-refractivity contribution in [3.05, 3.63) is 59.5 Å². The average Bonchev–Trinajstić information content (AvgIpc) is 2.95. The Labute approximate surface area is 146 Å². The summed E-state index contributed by atoms with van der Waals surface area (Å²) < 4.78 is 7.52. The van der Waals surface area contributed by atoms with Gasteiger partial charge in [0.15, 0.2) is 5.65 Å². The van der Waals surface area contributed by atoms with Gasteiger partial charge in [0, 0.05) is 6.20 Å². The van der Waals surface area contributed by atoms with Gasteiger partial charge in [0.25, 0.3) is 5.91 Å². The first-order valence-corrected chi connectivity index (χ1v) is 8.33. The molecule has 0 bridgehead atoms. The topological polar surface area (TPSA) is 68.5 Å². The fraction of sp³-hybridized carbons (Fsp3) is 0.316. The standard InChI is InChI=1S/C19H22N4O2/c1-12(2)25-17-7-5-6-15(10-17)13(3)20-19(24)16-8-9-18-22-21-14(4)23(18)11-16/h5-13H,1-4H3,(H,20,24)/t13-/m1/s1. The number of aromatic nitrogens is 3. The van der Waals surface area contributed by atoms with Crippen molar-refractivity contribution in [3.8, 4) is 5.75 Å². The number of carbonyl (C=O) groups excluding carboxylic acids is 1. The number of pyridine rings is 1. The van der Waals surface area contributed by atoms with Crippen LogP contribution in [0.15, 0.2) is 42.6 Å². The fourth-order valence-electron chi connectivity index (χ4n) is 2.63. The Morgan fingerprint density at radius 1 is 1.16 bits per heavy atom. The minimum Gasteiger partial charge on any atom is -0.491 e. The Morgan fingerprint density at radius 3 is 2.72 bits per heavy atom. The van der Waals surface area contributed by atoms with Gasteiger partial charge in [-0.15, -0.1) is 10.2 Å². The molecule has 0 aliphatic rings. The van der Waals surface area contributed by atoms with Gasteiger partial charge in [-0.2, -0.15) is 0 Å². The number of rotatable bonds is 5. The van der Waals surface area contributed by atoms with Crippen LogP contribution in [0.5, 0.6) is 5.75 Å². The molecule has 0 fully saturated rings. The molecule has 130 valence electrons. The van der Waals surface area contributed by atoms with Crippen molar-refractivity contribution in [3.63, 3.8) is 0 Å². The van der Waals surface area contributed by atoms with E-state index in [1.54, 1.807) is 22.7 Å². The molecule has 3 rings (SSSR count). The zero-order valence-corrected chi connectivity index (χ0v) is 14.9. The minimum atomic E-state index is -0.141. The average molecular weight is 338 g/mol. The van der Waals surface area contributed by atoms with E-state index in [1.165, 1.54) is 0 Å². The van der Waals surface area contributed by atoms with Crippen LogP contribution in [0, 0.1) is 6.92 Å². The van der Waals surface area contributed by atoms with Crippen LogP contribution in [0.25, 0.3) is 5.65 Å². The van der Waals surface area contributed by atoms with Crippen LogP contribution < -0.4 is 10.1 Å². The quantitative estimate of drug-likeness (QED) is 0.775. The molecule has 0 aliphatic heterocycles. The normalized spacial score (nSPS) is 12.4. The number of nitrogens with one attached hydrogen (secondary N) is 1. The molecule has 1 atom stereocenters. The van der Waals surface area contributed by atoms with Gasteiger partial charge in [0.2, 0.25) is 0 Å². The van der Waals surface area contributed by atoms with E-state index in [-0.39, 0.29) is 18.1 Å². The third kappa shape index (κ3) is 3.79. The minimum absolute atomic E-state index is 0.110. The van der Waals surface area contributed by atoms with Gasteiger partial charge in [-0.25, -0.2) is 0 Å². The van der Waals surface area contributed by atoms with Crippen LogP contribution in [0.2, 0.25) is 0 Å². The molecule has 3 aromatic rings. The van der Waals surface area contributed by atoms with Crippen LogP contribution >= 0.6 is 0 Å². The Morgan fingerprint density at radius 2 is 1.96 bits per heavy atom. The van der Waals surface area contributed by atoms with Crippen LogP contribution in [-0.2, 0) is 0 Å². The van der Waals surface area contributed by atoms with Crippen molar-refractivity contribution >= 4 is 11.6 Å². The van der Waals surface area contributed by atoms with Crippen LogP contribution in [0.3, 0.4) is 0 Å². The SMILES string of the molecule is Cc1nnc2ccc(C(=O)N[C@H](C)c3cccc(OC(C)C)c3)cn12. The summed E-state index contributed by atoms with van der Waals surface area (Å²) in [5.41, 5.74) is 2.28. The summed E-state index contributed by atoms with van der Waals surface area (Å²) in [4.78, 5) is 12.6. The Balaban J connectivity index is 1.76. The molecule has 1 amide bonds. The molecule has 1 aromatic carbocycles. The second kappa shape index (κ2) is 6.93. The number of nitrogens with zero attached hydrogens (tertiary/aromatic N) is 3. The number of amides is 1. The van der Waals surface area contributed by atoms with Crippen LogP contribution in [0.1, 0.15) is 48.6 Å². The Bertz CT molecular complexity index is 901. The van der Waals surface area contributed by atoms with Gasteiger partial charge < -0.3 is 10.1 Å². The maximum Gasteiger partial charge on any atom is 0.253 e. The lowest BCUT2D eigenvalue weighted by atomic mass is 10.1. The molecule has 2 aromatic heterocycles. The van der Waals surface area contributed by atoms with Crippen molar-refractivity contribution in [2.45, 2.75) is 39.8 Å². The molecule has 6 nitrogen and oxygen atoms in total. The van der Waals surface area contributed by atoms with E-state index < -0.39 is 0 Å². The predicted octanol–water partition coefficient (Wildman–Crippen LogP) is 3.32. The van der Waals surface area contributed by atoms with E-state index in [1.807, 2.05) is 52.0 Å². The molecular formula is C19H22N4O2. The summed E-state index contributed by atoms with van der Waals surface area (Å²) in [6, 6.07) is 11.2. The maximum absolute atomic E-state index is 12.6. The summed E-state index contributed by atoms with van der Waals surface area (Å²) in [5, 5.41) is 11.1. The first kappa shape index (κ1) is 17.0. The lowest BCUT2D eigenvalue weighted by molar-refractivity contribution is 0.0939. The summed E-state index contributed by atoms with van der Waals surface area (Å²) in [5.74, 6) is 1.41. The third-order valence-electron chi connectivity index (χ3n) is 3.91. The second-order valence-corrected chi connectivity index (χ2v) is 6.33. The smallest absolute Gasteiger partial charge is 0.253 e. The second-order valence-electron chi connectivity index (χ2n) is 6.33. The van der Waals surface area contributed by atoms with Crippen LogP contribution in [-0.4, -0.2) is 26.6 Å². The van der Waals surface area contributed by atoms with Gasteiger partial charge in [-0.1, -0.05) is 12.1 Å². The van der Waals surface area contributed by atoms with E-state index in [0.717, 1.165) is 22.8 Å². The van der Waals surface area contributed by atoms with E-state index in [0.29, 0.717) is 5.56 Å². The number of fused-ring (bicyclic) bond motifs is 1. The van der Waals surface area contributed by atoms with E-state index >= 15 is 0 Å². The molecule has 6 heteroatoms. The van der Waals surface area contributed by atoms with Gasteiger partial charge in [-0.05, 0) is 57.5 Å². The lowest BCUT2D eigenvalue weighted by Crippen LogP contribution is -2.27. The van der Waals surface area contributed by atoms with E-state index in [9.17, 15) is 4.79 Å². The molecule has 0 saturated heterocycles.